The summed E-state index contributed by atoms with van der Waals surface area (Å²) < 4.78 is 35.2. The van der Waals surface area contributed by atoms with Crippen LogP contribution in [0, 0.1) is 25.5 Å². The lowest BCUT2D eigenvalue weighted by atomic mass is 9.73. The molecule has 5 rings (SSSR count). The molecule has 0 aliphatic carbocycles. The van der Waals surface area contributed by atoms with Crippen LogP contribution in [0.2, 0.25) is 0 Å². The van der Waals surface area contributed by atoms with Gasteiger partial charge >= 0.3 is 0 Å². The Kier molecular flexibility index (Phi) is 5.76. The van der Waals surface area contributed by atoms with E-state index in [1.165, 1.54) is 24.5 Å². The SMILES string of the molecule is [B]C([B])(O)n1cc(C2CN(c3nc(-c4ccc(F)cc4F)c4nc(C)c(C)nc4n3)CCO2)cn1. The summed E-state index contributed by atoms with van der Waals surface area (Å²) in [5.74, 6) is -1.16. The molecule has 0 amide bonds. The zero-order valence-electron chi connectivity index (χ0n) is 19.0. The lowest BCUT2D eigenvalue weighted by Crippen LogP contribution is -2.39. The molecular weight excluding hydrogens is 454 g/mol. The van der Waals surface area contributed by atoms with Crippen LogP contribution in [0.4, 0.5) is 14.7 Å². The number of anilines is 1. The van der Waals surface area contributed by atoms with Gasteiger partial charge in [0.05, 0.1) is 36.3 Å². The van der Waals surface area contributed by atoms with Crippen molar-refractivity contribution in [3.63, 3.8) is 0 Å². The maximum atomic E-state index is 14.8. The Balaban J connectivity index is 1.57. The molecule has 3 aromatic heterocycles. The molecule has 0 spiro atoms. The summed E-state index contributed by atoms with van der Waals surface area (Å²) in [6, 6.07) is 3.29. The molecule has 4 heterocycles. The molecule has 1 aromatic carbocycles. The molecule has 1 saturated heterocycles. The Morgan fingerprint density at radius 1 is 1.11 bits per heavy atom. The van der Waals surface area contributed by atoms with Crippen LogP contribution in [-0.4, -0.2) is 70.2 Å². The molecule has 35 heavy (non-hydrogen) atoms. The van der Waals surface area contributed by atoms with Crippen molar-refractivity contribution in [3.8, 4) is 11.3 Å². The van der Waals surface area contributed by atoms with Crippen molar-refractivity contribution in [1.29, 1.82) is 0 Å². The normalized spacial score (nSPS) is 16.7. The lowest BCUT2D eigenvalue weighted by molar-refractivity contribution is 0.0389. The van der Waals surface area contributed by atoms with Gasteiger partial charge in [0.1, 0.15) is 44.6 Å². The molecular formula is C22H19B2F2N7O2. The van der Waals surface area contributed by atoms with E-state index < -0.39 is 23.3 Å². The zero-order valence-corrected chi connectivity index (χ0v) is 19.0. The van der Waals surface area contributed by atoms with E-state index in [2.05, 4.69) is 25.0 Å². The first-order chi connectivity index (χ1) is 16.6. The fourth-order valence-electron chi connectivity index (χ4n) is 3.84. The minimum absolute atomic E-state index is 0.0915. The van der Waals surface area contributed by atoms with Gasteiger partial charge in [0.15, 0.2) is 5.65 Å². The number of rotatable bonds is 4. The van der Waals surface area contributed by atoms with Gasteiger partial charge in [0.25, 0.3) is 0 Å². The van der Waals surface area contributed by atoms with Crippen molar-refractivity contribution in [3.05, 3.63) is 59.2 Å². The van der Waals surface area contributed by atoms with Crippen molar-refractivity contribution in [2.45, 2.75) is 25.5 Å². The van der Waals surface area contributed by atoms with E-state index >= 15 is 0 Å². The molecule has 1 unspecified atom stereocenters. The van der Waals surface area contributed by atoms with Crippen molar-refractivity contribution in [2.75, 3.05) is 24.6 Å². The quantitative estimate of drug-likeness (QED) is 0.447. The third-order valence-corrected chi connectivity index (χ3v) is 5.81. The van der Waals surface area contributed by atoms with Gasteiger partial charge in [0, 0.05) is 29.9 Å². The number of aryl methyl sites for hydroxylation is 2. The molecule has 4 radical (unpaired) electrons. The average molecular weight is 473 g/mol. The highest BCUT2D eigenvalue weighted by Gasteiger charge is 2.28. The van der Waals surface area contributed by atoms with Gasteiger partial charge in [-0.3, -0.25) is 4.68 Å². The third kappa shape index (κ3) is 4.48. The number of benzene rings is 1. The standard InChI is InChI=1S/C22H19B2F2N7O2/c1-11-12(2)29-20-19(28-11)18(15-4-3-14(25)7-16(15)26)30-21(31-20)32-5-6-35-17(10-32)13-8-27-33(9-13)22(23,24)34/h3-4,7-9,17,34H,5-6,10H2,1-2H3. The Bertz CT molecular complexity index is 1430. The van der Waals surface area contributed by atoms with Crippen LogP contribution in [0.5, 0.6) is 0 Å². The van der Waals surface area contributed by atoms with E-state index in [1.54, 1.807) is 13.8 Å². The zero-order chi connectivity index (χ0) is 24.9. The first kappa shape index (κ1) is 23.3. The second-order valence-electron chi connectivity index (χ2n) is 8.37. The van der Waals surface area contributed by atoms with Gasteiger partial charge in [-0.25, -0.2) is 23.7 Å². The second-order valence-corrected chi connectivity index (χ2v) is 8.37. The van der Waals surface area contributed by atoms with Gasteiger partial charge in [-0.1, -0.05) is 0 Å². The fraction of sp³-hybridized carbons (Fsp3) is 0.318. The molecule has 4 aromatic rings. The highest BCUT2D eigenvalue weighted by atomic mass is 19.1. The summed E-state index contributed by atoms with van der Waals surface area (Å²) in [4.78, 5) is 20.2. The Morgan fingerprint density at radius 2 is 1.89 bits per heavy atom. The molecule has 174 valence electrons. The van der Waals surface area contributed by atoms with Crippen molar-refractivity contribution < 1.29 is 18.6 Å². The van der Waals surface area contributed by atoms with Crippen LogP contribution in [0.1, 0.15) is 23.1 Å². The van der Waals surface area contributed by atoms with E-state index in [1.807, 2.05) is 4.90 Å². The number of aromatic nitrogens is 6. The van der Waals surface area contributed by atoms with Gasteiger partial charge in [0.2, 0.25) is 5.95 Å². The first-order valence-corrected chi connectivity index (χ1v) is 10.8. The van der Waals surface area contributed by atoms with E-state index in [-0.39, 0.29) is 11.3 Å². The first-order valence-electron chi connectivity index (χ1n) is 10.8. The Morgan fingerprint density at radius 3 is 2.60 bits per heavy atom. The highest BCUT2D eigenvalue weighted by Crippen LogP contribution is 2.31. The topological polar surface area (TPSA) is 102 Å². The number of hydrogen-bond acceptors (Lipinski definition) is 8. The Hall–Kier alpha value is -3.44. The summed E-state index contributed by atoms with van der Waals surface area (Å²) in [6.07, 6.45) is 2.54. The summed E-state index contributed by atoms with van der Waals surface area (Å²) >= 11 is 0. The largest absolute Gasteiger partial charge is 0.388 e. The highest BCUT2D eigenvalue weighted by molar-refractivity contribution is 6.36. The van der Waals surface area contributed by atoms with Crippen molar-refractivity contribution >= 4 is 32.8 Å². The van der Waals surface area contributed by atoms with E-state index in [4.69, 9.17) is 20.4 Å². The van der Waals surface area contributed by atoms with Crippen molar-refractivity contribution in [1.82, 2.24) is 29.7 Å². The fourth-order valence-corrected chi connectivity index (χ4v) is 3.84. The number of halogens is 2. The van der Waals surface area contributed by atoms with E-state index in [0.29, 0.717) is 53.8 Å². The number of fused-ring (bicyclic) bond motifs is 1. The van der Waals surface area contributed by atoms with Gasteiger partial charge in [-0.15, -0.1) is 0 Å². The van der Waals surface area contributed by atoms with E-state index in [0.717, 1.165) is 10.7 Å². The summed E-state index contributed by atoms with van der Waals surface area (Å²) in [6.45, 7) is 4.72. The summed E-state index contributed by atoms with van der Waals surface area (Å²) in [5.41, 5.74) is 0.746. The smallest absolute Gasteiger partial charge is 0.228 e. The molecule has 1 atom stereocenters. The molecule has 0 saturated carbocycles. The number of aliphatic hydroxyl groups is 1. The minimum Gasteiger partial charge on any atom is -0.388 e. The second kappa shape index (κ2) is 8.65. The third-order valence-electron chi connectivity index (χ3n) is 5.81. The van der Waals surface area contributed by atoms with Crippen molar-refractivity contribution in [2.24, 2.45) is 0 Å². The van der Waals surface area contributed by atoms with Crippen LogP contribution < -0.4 is 4.90 Å². The number of nitrogens with zero attached hydrogens (tertiary/aromatic N) is 7. The number of morpholine rings is 1. The molecule has 0 bridgehead atoms. The van der Waals surface area contributed by atoms with Crippen LogP contribution in [0.3, 0.4) is 0 Å². The minimum atomic E-state index is -2.14. The van der Waals surface area contributed by atoms with Crippen LogP contribution in [0.15, 0.2) is 30.6 Å². The molecule has 9 nitrogen and oxygen atoms in total. The monoisotopic (exact) mass is 473 g/mol. The maximum Gasteiger partial charge on any atom is 0.228 e. The molecule has 1 fully saturated rings. The summed E-state index contributed by atoms with van der Waals surface area (Å²) in [5, 5.41) is 13.8. The predicted octanol–water partition coefficient (Wildman–Crippen LogP) is 1.65. The van der Waals surface area contributed by atoms with Crippen LogP contribution in [-0.2, 0) is 10.3 Å². The molecule has 1 aliphatic heterocycles. The molecule has 1 N–H and O–H groups in total. The maximum absolute atomic E-state index is 14.8. The Labute approximate surface area is 202 Å². The van der Waals surface area contributed by atoms with E-state index in [9.17, 15) is 13.9 Å². The van der Waals surface area contributed by atoms with Gasteiger partial charge in [-0.05, 0) is 26.0 Å². The molecule has 1 aliphatic rings. The molecule has 13 heteroatoms. The predicted molar refractivity (Wildman–Crippen MR) is 125 cm³/mol. The average Bonchev–Trinajstić information content (AvgIpc) is 3.31. The van der Waals surface area contributed by atoms with Gasteiger partial charge in [-0.2, -0.15) is 10.1 Å². The van der Waals surface area contributed by atoms with Crippen LogP contribution in [0.25, 0.3) is 22.4 Å². The van der Waals surface area contributed by atoms with Gasteiger partial charge < -0.3 is 14.7 Å². The summed E-state index contributed by atoms with van der Waals surface area (Å²) in [7, 11) is 11.0. The number of ether oxygens (including phenoxy) is 1. The number of hydrogen-bond donors (Lipinski definition) is 1. The van der Waals surface area contributed by atoms with Crippen LogP contribution >= 0.6 is 0 Å². The lowest BCUT2D eigenvalue weighted by Gasteiger charge is -2.32.